The molecule has 1 aliphatic heterocycles. The molecule has 1 aliphatic rings. The van der Waals surface area contributed by atoms with Gasteiger partial charge in [-0.05, 0) is 29.2 Å². The van der Waals surface area contributed by atoms with Gasteiger partial charge in [-0.1, -0.05) is 19.9 Å². The highest BCUT2D eigenvalue weighted by Crippen LogP contribution is 2.19. The Balaban J connectivity index is 1.95. The van der Waals surface area contributed by atoms with Crippen molar-refractivity contribution >= 4 is 6.03 Å². The van der Waals surface area contributed by atoms with Crippen LogP contribution in [0.15, 0.2) is 18.2 Å². The van der Waals surface area contributed by atoms with Crippen LogP contribution in [0.1, 0.15) is 30.9 Å². The molecule has 4 nitrogen and oxygen atoms in total. The predicted molar refractivity (Wildman–Crippen MR) is 86.4 cm³/mol. The number of rotatable bonds is 3. The summed E-state index contributed by atoms with van der Waals surface area (Å²) >= 11 is 0. The highest BCUT2D eigenvalue weighted by molar-refractivity contribution is 5.73. The summed E-state index contributed by atoms with van der Waals surface area (Å²) in [6.07, 6.45) is 0. The third-order valence-corrected chi connectivity index (χ3v) is 4.08. The van der Waals surface area contributed by atoms with Crippen LogP contribution in [0, 0.1) is 5.82 Å². The van der Waals surface area contributed by atoms with Gasteiger partial charge in [0.25, 0.3) is 0 Å². The summed E-state index contributed by atoms with van der Waals surface area (Å²) < 4.78 is 13.7. The zero-order valence-electron chi connectivity index (χ0n) is 14.0. The van der Waals surface area contributed by atoms with Gasteiger partial charge in [-0.15, -0.1) is 0 Å². The van der Waals surface area contributed by atoms with Crippen molar-refractivity contribution in [3.05, 3.63) is 35.1 Å². The Morgan fingerprint density at radius 2 is 1.82 bits per heavy atom. The molecule has 0 saturated carbocycles. The van der Waals surface area contributed by atoms with E-state index < -0.39 is 0 Å². The molecule has 0 aromatic heterocycles. The highest BCUT2D eigenvalue weighted by Gasteiger charge is 2.22. The minimum Gasteiger partial charge on any atom is -0.331 e. The number of hydrogen-bond acceptors (Lipinski definition) is 2. The molecule has 0 bridgehead atoms. The van der Waals surface area contributed by atoms with Crippen molar-refractivity contribution in [3.8, 4) is 0 Å². The van der Waals surface area contributed by atoms with Gasteiger partial charge in [0.05, 0.1) is 0 Å². The summed E-state index contributed by atoms with van der Waals surface area (Å²) in [4.78, 5) is 17.7. The van der Waals surface area contributed by atoms with Crippen molar-refractivity contribution in [1.82, 2.24) is 14.7 Å². The molecule has 1 aromatic carbocycles. The van der Waals surface area contributed by atoms with E-state index in [2.05, 4.69) is 24.8 Å². The van der Waals surface area contributed by atoms with Gasteiger partial charge in [-0.3, -0.25) is 4.90 Å². The van der Waals surface area contributed by atoms with Gasteiger partial charge in [0.2, 0.25) is 0 Å². The van der Waals surface area contributed by atoms with E-state index in [1.54, 1.807) is 31.1 Å². The molecule has 0 aliphatic carbocycles. The first-order valence-corrected chi connectivity index (χ1v) is 7.84. The fraction of sp³-hybridized carbons (Fsp3) is 0.588. The Bertz CT molecular complexity index is 523. The van der Waals surface area contributed by atoms with Crippen molar-refractivity contribution < 1.29 is 9.18 Å². The van der Waals surface area contributed by atoms with Crippen LogP contribution in [0.25, 0.3) is 0 Å². The van der Waals surface area contributed by atoms with Crippen LogP contribution in [-0.2, 0) is 6.54 Å². The fourth-order valence-electron chi connectivity index (χ4n) is 2.74. The van der Waals surface area contributed by atoms with Crippen LogP contribution < -0.4 is 0 Å². The molecule has 0 unspecified atom stereocenters. The normalized spacial score (nSPS) is 16.2. The van der Waals surface area contributed by atoms with E-state index in [0.717, 1.165) is 43.9 Å². The van der Waals surface area contributed by atoms with E-state index in [0.29, 0.717) is 5.92 Å². The first-order valence-electron chi connectivity index (χ1n) is 7.84. The molecule has 22 heavy (non-hydrogen) atoms. The molecular weight excluding hydrogens is 281 g/mol. The number of carbonyl (C=O) groups excluding carboxylic acids is 1. The van der Waals surface area contributed by atoms with Crippen molar-refractivity contribution in [2.75, 3.05) is 40.3 Å². The maximum Gasteiger partial charge on any atom is 0.319 e. The van der Waals surface area contributed by atoms with Crippen LogP contribution in [-0.4, -0.2) is 61.0 Å². The molecule has 2 rings (SSSR count). The lowest BCUT2D eigenvalue weighted by Crippen LogP contribution is -2.51. The largest absolute Gasteiger partial charge is 0.331 e. The number of halogens is 1. The van der Waals surface area contributed by atoms with E-state index >= 15 is 0 Å². The molecule has 1 aromatic rings. The molecular formula is C17H26FN3O. The Labute approximate surface area is 132 Å². The van der Waals surface area contributed by atoms with Crippen LogP contribution >= 0.6 is 0 Å². The van der Waals surface area contributed by atoms with Gasteiger partial charge in [0.15, 0.2) is 0 Å². The first kappa shape index (κ1) is 16.7. The summed E-state index contributed by atoms with van der Waals surface area (Å²) in [6.45, 7) is 7.99. The number of carbonyl (C=O) groups is 1. The minimum atomic E-state index is -0.164. The molecule has 0 radical (unpaired) electrons. The molecule has 1 saturated heterocycles. The lowest BCUT2D eigenvalue weighted by molar-refractivity contribution is 0.120. The van der Waals surface area contributed by atoms with Gasteiger partial charge in [-0.25, -0.2) is 9.18 Å². The Hall–Kier alpha value is -1.62. The fourth-order valence-corrected chi connectivity index (χ4v) is 2.74. The van der Waals surface area contributed by atoms with E-state index in [1.807, 2.05) is 4.90 Å². The summed E-state index contributed by atoms with van der Waals surface area (Å²) in [6, 6.07) is 5.38. The summed E-state index contributed by atoms with van der Waals surface area (Å²) in [5.41, 5.74) is 2.05. The second-order valence-corrected chi connectivity index (χ2v) is 6.49. The number of piperazine rings is 1. The number of urea groups is 1. The molecule has 0 atom stereocenters. The highest BCUT2D eigenvalue weighted by atomic mass is 19.1. The van der Waals surface area contributed by atoms with Gasteiger partial charge in [0.1, 0.15) is 5.82 Å². The average Bonchev–Trinajstić information content (AvgIpc) is 2.46. The second kappa shape index (κ2) is 7.09. The van der Waals surface area contributed by atoms with Crippen molar-refractivity contribution in [3.63, 3.8) is 0 Å². The maximum atomic E-state index is 13.7. The van der Waals surface area contributed by atoms with Gasteiger partial charge >= 0.3 is 6.03 Å². The SMILES string of the molecule is CC(C)c1cc(F)cc(CN2CCN(C(=O)N(C)C)CC2)c1. The molecule has 122 valence electrons. The number of nitrogens with zero attached hydrogens (tertiary/aromatic N) is 3. The van der Waals surface area contributed by atoms with Crippen LogP contribution in [0.5, 0.6) is 0 Å². The summed E-state index contributed by atoms with van der Waals surface area (Å²) in [5.74, 6) is 0.159. The monoisotopic (exact) mass is 307 g/mol. The molecule has 0 N–H and O–H groups in total. The molecule has 1 heterocycles. The minimum absolute atomic E-state index is 0.0625. The smallest absolute Gasteiger partial charge is 0.319 e. The number of hydrogen-bond donors (Lipinski definition) is 0. The van der Waals surface area contributed by atoms with Gasteiger partial charge < -0.3 is 9.80 Å². The quantitative estimate of drug-likeness (QED) is 0.858. The Kier molecular flexibility index (Phi) is 5.40. The zero-order chi connectivity index (χ0) is 16.3. The first-order chi connectivity index (χ1) is 10.4. The van der Waals surface area contributed by atoms with E-state index in [-0.39, 0.29) is 11.8 Å². The van der Waals surface area contributed by atoms with Gasteiger partial charge in [-0.2, -0.15) is 0 Å². The van der Waals surface area contributed by atoms with E-state index in [4.69, 9.17) is 0 Å². The standard InChI is InChI=1S/C17H26FN3O/c1-13(2)15-9-14(10-16(18)11-15)12-20-5-7-21(8-6-20)17(22)19(3)4/h9-11,13H,5-8,12H2,1-4H3. The molecule has 1 fully saturated rings. The number of benzene rings is 1. The number of amides is 2. The van der Waals surface area contributed by atoms with E-state index in [9.17, 15) is 9.18 Å². The van der Waals surface area contributed by atoms with Crippen LogP contribution in [0.4, 0.5) is 9.18 Å². The third kappa shape index (κ3) is 4.19. The lowest BCUT2D eigenvalue weighted by Gasteiger charge is -2.36. The lowest BCUT2D eigenvalue weighted by atomic mass is 10.0. The predicted octanol–water partition coefficient (Wildman–Crippen LogP) is 2.75. The summed E-state index contributed by atoms with van der Waals surface area (Å²) in [7, 11) is 3.55. The topological polar surface area (TPSA) is 26.8 Å². The van der Waals surface area contributed by atoms with Crippen molar-refractivity contribution in [2.45, 2.75) is 26.3 Å². The third-order valence-electron chi connectivity index (χ3n) is 4.08. The molecule has 0 spiro atoms. The molecule has 5 heteroatoms. The van der Waals surface area contributed by atoms with Crippen molar-refractivity contribution in [1.29, 1.82) is 0 Å². The van der Waals surface area contributed by atoms with Gasteiger partial charge in [0, 0.05) is 46.8 Å². The molecule has 2 amide bonds. The second-order valence-electron chi connectivity index (χ2n) is 6.49. The van der Waals surface area contributed by atoms with Crippen LogP contribution in [0.3, 0.4) is 0 Å². The summed E-state index contributed by atoms with van der Waals surface area (Å²) in [5, 5.41) is 0. The Morgan fingerprint density at radius 3 is 2.36 bits per heavy atom. The zero-order valence-corrected chi connectivity index (χ0v) is 14.0. The van der Waals surface area contributed by atoms with Crippen LogP contribution in [0.2, 0.25) is 0 Å². The maximum absolute atomic E-state index is 13.7. The van der Waals surface area contributed by atoms with Crippen molar-refractivity contribution in [2.24, 2.45) is 0 Å². The average molecular weight is 307 g/mol. The Morgan fingerprint density at radius 1 is 1.18 bits per heavy atom. The van der Waals surface area contributed by atoms with E-state index in [1.165, 1.54) is 0 Å².